The quantitative estimate of drug-likeness (QED) is 0.173. The van der Waals surface area contributed by atoms with Crippen LogP contribution >= 0.6 is 23.2 Å². The van der Waals surface area contributed by atoms with E-state index in [-0.39, 0.29) is 29.3 Å². The number of anilines is 1. The maximum Gasteiger partial charge on any atom is 0.266 e. The van der Waals surface area contributed by atoms with Gasteiger partial charge in [0.15, 0.2) is 0 Å². The summed E-state index contributed by atoms with van der Waals surface area (Å²) in [7, 11) is -3.89. The highest BCUT2D eigenvalue weighted by Crippen LogP contribution is 2.24. The molecule has 7 nitrogen and oxygen atoms in total. The standard InChI is InChI=1S/C29H23Cl2N3O4S/c1-20-2-14-28(15-3-20)39(36,37)34(18-21-4-6-23(30)7-5-21)19-27-13-12-26(38-27)16-22(17-32)29(35)33-25-10-8-24(31)9-11-25/h2-16H,18-19H2,1H3,(H,33,35)/b22-16-. The summed E-state index contributed by atoms with van der Waals surface area (Å²) in [6.07, 6.45) is 1.30. The molecular formula is C29H23Cl2N3O4S. The average Bonchev–Trinajstić information content (AvgIpc) is 3.36. The lowest BCUT2D eigenvalue weighted by Crippen LogP contribution is -2.30. The summed E-state index contributed by atoms with van der Waals surface area (Å²) < 4.78 is 34.3. The molecule has 1 N–H and O–H groups in total. The zero-order valence-corrected chi connectivity index (χ0v) is 23.1. The van der Waals surface area contributed by atoms with Gasteiger partial charge in [0.2, 0.25) is 10.0 Å². The van der Waals surface area contributed by atoms with E-state index in [1.54, 1.807) is 84.9 Å². The summed E-state index contributed by atoms with van der Waals surface area (Å²) >= 11 is 11.9. The summed E-state index contributed by atoms with van der Waals surface area (Å²) in [6.45, 7) is 1.88. The summed E-state index contributed by atoms with van der Waals surface area (Å²) in [4.78, 5) is 12.7. The second-order valence-corrected chi connectivity index (χ2v) is 11.5. The van der Waals surface area contributed by atoms with Gasteiger partial charge < -0.3 is 9.73 Å². The number of benzene rings is 3. The van der Waals surface area contributed by atoms with Crippen molar-refractivity contribution in [3.8, 4) is 6.07 Å². The molecule has 0 aliphatic heterocycles. The molecule has 0 spiro atoms. The number of amides is 1. The molecule has 0 aliphatic rings. The Balaban J connectivity index is 1.57. The molecule has 0 saturated carbocycles. The molecule has 1 aromatic heterocycles. The van der Waals surface area contributed by atoms with Crippen LogP contribution in [0, 0.1) is 18.3 Å². The summed E-state index contributed by atoms with van der Waals surface area (Å²) in [5.74, 6) is -0.0580. The maximum atomic E-state index is 13.6. The third-order valence-electron chi connectivity index (χ3n) is 5.70. The molecule has 1 heterocycles. The minimum Gasteiger partial charge on any atom is -0.460 e. The number of nitrogens with one attached hydrogen (secondary N) is 1. The first-order valence-electron chi connectivity index (χ1n) is 11.7. The topological polar surface area (TPSA) is 103 Å². The van der Waals surface area contributed by atoms with Gasteiger partial charge in [-0.2, -0.15) is 9.57 Å². The van der Waals surface area contributed by atoms with Crippen LogP contribution in [0.3, 0.4) is 0 Å². The Morgan fingerprint density at radius 3 is 2.15 bits per heavy atom. The molecular weight excluding hydrogens is 557 g/mol. The third kappa shape index (κ3) is 7.37. The van der Waals surface area contributed by atoms with E-state index in [1.807, 2.05) is 13.0 Å². The molecule has 4 aromatic rings. The zero-order valence-electron chi connectivity index (χ0n) is 20.8. The molecule has 4 rings (SSSR count). The van der Waals surface area contributed by atoms with E-state index in [0.717, 1.165) is 11.1 Å². The second kappa shape index (κ2) is 12.3. The van der Waals surface area contributed by atoms with E-state index in [0.29, 0.717) is 21.5 Å². The number of sulfonamides is 1. The van der Waals surface area contributed by atoms with E-state index < -0.39 is 15.9 Å². The van der Waals surface area contributed by atoms with Crippen molar-refractivity contribution in [2.24, 2.45) is 0 Å². The van der Waals surface area contributed by atoms with Gasteiger partial charge in [-0.05, 0) is 73.2 Å². The summed E-state index contributed by atoms with van der Waals surface area (Å²) in [5, 5.41) is 13.2. The highest BCUT2D eigenvalue weighted by molar-refractivity contribution is 7.89. The summed E-state index contributed by atoms with van der Waals surface area (Å²) in [6, 6.07) is 25.0. The molecule has 0 atom stereocenters. The van der Waals surface area contributed by atoms with Crippen LogP contribution in [0.5, 0.6) is 0 Å². The van der Waals surface area contributed by atoms with Crippen molar-refractivity contribution in [3.63, 3.8) is 0 Å². The maximum absolute atomic E-state index is 13.6. The number of furan rings is 1. The molecule has 0 saturated heterocycles. The number of rotatable bonds is 9. The van der Waals surface area contributed by atoms with Crippen molar-refractivity contribution in [1.29, 1.82) is 5.26 Å². The monoisotopic (exact) mass is 579 g/mol. The van der Waals surface area contributed by atoms with Gasteiger partial charge in [0.1, 0.15) is 23.2 Å². The van der Waals surface area contributed by atoms with Crippen molar-refractivity contribution in [3.05, 3.63) is 123 Å². The van der Waals surface area contributed by atoms with Crippen molar-refractivity contribution in [2.75, 3.05) is 5.32 Å². The second-order valence-electron chi connectivity index (χ2n) is 8.65. The van der Waals surface area contributed by atoms with Crippen molar-refractivity contribution >= 4 is 50.9 Å². The fourth-order valence-electron chi connectivity index (χ4n) is 3.63. The number of hydrogen-bond donors (Lipinski definition) is 1. The van der Waals surface area contributed by atoms with Crippen LogP contribution in [-0.4, -0.2) is 18.6 Å². The Morgan fingerprint density at radius 2 is 1.54 bits per heavy atom. The van der Waals surface area contributed by atoms with Gasteiger partial charge in [0, 0.05) is 28.4 Å². The lowest BCUT2D eigenvalue weighted by molar-refractivity contribution is -0.112. The fraction of sp³-hybridized carbons (Fsp3) is 0.103. The first-order chi connectivity index (χ1) is 18.6. The SMILES string of the molecule is Cc1ccc(S(=O)(=O)N(Cc2ccc(Cl)cc2)Cc2ccc(/C=C(/C#N)C(=O)Nc3ccc(Cl)cc3)o2)cc1. The van der Waals surface area contributed by atoms with Crippen molar-refractivity contribution in [1.82, 2.24) is 4.31 Å². The normalized spacial score (nSPS) is 11.8. The molecule has 0 unspecified atom stereocenters. The highest BCUT2D eigenvalue weighted by atomic mass is 35.5. The lowest BCUT2D eigenvalue weighted by Gasteiger charge is -2.21. The number of nitrogens with zero attached hydrogens (tertiary/aromatic N) is 2. The van der Waals surface area contributed by atoms with E-state index in [2.05, 4.69) is 5.32 Å². The molecule has 0 fully saturated rings. The number of carbonyl (C=O) groups excluding carboxylic acids is 1. The molecule has 39 heavy (non-hydrogen) atoms. The van der Waals surface area contributed by atoms with Gasteiger partial charge in [-0.1, -0.05) is 53.0 Å². The van der Waals surface area contributed by atoms with E-state index >= 15 is 0 Å². The minimum absolute atomic E-state index is 0.0756. The van der Waals surface area contributed by atoms with Gasteiger partial charge in [-0.3, -0.25) is 4.79 Å². The zero-order chi connectivity index (χ0) is 28.0. The van der Waals surface area contributed by atoms with E-state index in [4.69, 9.17) is 27.6 Å². The third-order valence-corrected chi connectivity index (χ3v) is 8.01. The number of carbonyl (C=O) groups is 1. The van der Waals surface area contributed by atoms with Crippen LogP contribution in [0.2, 0.25) is 10.0 Å². The molecule has 0 aliphatic carbocycles. The predicted molar refractivity (Wildman–Crippen MR) is 151 cm³/mol. The lowest BCUT2D eigenvalue weighted by atomic mass is 10.2. The molecule has 0 bridgehead atoms. The van der Waals surface area contributed by atoms with Crippen LogP contribution in [0.15, 0.2) is 99.8 Å². The first-order valence-corrected chi connectivity index (χ1v) is 13.9. The largest absolute Gasteiger partial charge is 0.460 e. The Bertz CT molecular complexity index is 1640. The van der Waals surface area contributed by atoms with Crippen LogP contribution in [0.1, 0.15) is 22.6 Å². The van der Waals surface area contributed by atoms with Gasteiger partial charge in [0.05, 0.1) is 11.4 Å². The van der Waals surface area contributed by atoms with Crippen LogP contribution < -0.4 is 5.32 Å². The van der Waals surface area contributed by atoms with Crippen LogP contribution in [-0.2, 0) is 27.9 Å². The molecule has 10 heteroatoms. The first kappa shape index (κ1) is 28.1. The number of nitriles is 1. The van der Waals surface area contributed by atoms with Crippen LogP contribution in [0.25, 0.3) is 6.08 Å². The average molecular weight is 580 g/mol. The van der Waals surface area contributed by atoms with Crippen LogP contribution in [0.4, 0.5) is 5.69 Å². The summed E-state index contributed by atoms with van der Waals surface area (Å²) in [5.41, 5.74) is 1.97. The number of hydrogen-bond acceptors (Lipinski definition) is 5. The molecule has 0 radical (unpaired) electrons. The van der Waals surface area contributed by atoms with Gasteiger partial charge in [-0.15, -0.1) is 0 Å². The van der Waals surface area contributed by atoms with Gasteiger partial charge >= 0.3 is 0 Å². The van der Waals surface area contributed by atoms with E-state index in [9.17, 15) is 18.5 Å². The predicted octanol–water partition coefficient (Wildman–Crippen LogP) is 6.83. The Labute approximate surface area is 236 Å². The molecule has 1 amide bonds. The number of aryl methyl sites for hydroxylation is 1. The van der Waals surface area contributed by atoms with Gasteiger partial charge in [-0.25, -0.2) is 8.42 Å². The Hall–Kier alpha value is -3.87. The molecule has 3 aromatic carbocycles. The highest BCUT2D eigenvalue weighted by Gasteiger charge is 2.26. The van der Waals surface area contributed by atoms with Gasteiger partial charge in [0.25, 0.3) is 5.91 Å². The fourth-order valence-corrected chi connectivity index (χ4v) is 5.28. The van der Waals surface area contributed by atoms with E-state index in [1.165, 1.54) is 10.4 Å². The molecule has 198 valence electrons. The number of halogens is 2. The smallest absolute Gasteiger partial charge is 0.266 e. The minimum atomic E-state index is -3.89. The Kier molecular flexibility index (Phi) is 8.90. The van der Waals surface area contributed by atoms with Crippen molar-refractivity contribution in [2.45, 2.75) is 24.9 Å². The Morgan fingerprint density at radius 1 is 0.923 bits per heavy atom. The van der Waals surface area contributed by atoms with Crippen molar-refractivity contribution < 1.29 is 17.6 Å².